The van der Waals surface area contributed by atoms with Gasteiger partial charge in [-0.1, -0.05) is 18.2 Å². The van der Waals surface area contributed by atoms with Crippen molar-refractivity contribution in [1.29, 1.82) is 0 Å². The number of rotatable bonds is 9. The fraction of sp³-hybridized carbons (Fsp3) is 0.571. The molecule has 108 valence electrons. The minimum absolute atomic E-state index is 0.108. The van der Waals surface area contributed by atoms with Gasteiger partial charge in [-0.2, -0.15) is 0 Å². The van der Waals surface area contributed by atoms with Gasteiger partial charge in [0.05, 0.1) is 19.8 Å². The van der Waals surface area contributed by atoms with Gasteiger partial charge in [0.15, 0.2) is 5.41 Å². The smallest absolute Gasteiger partial charge is 0.324 e. The predicted molar refractivity (Wildman–Crippen MR) is 71.4 cm³/mol. The van der Waals surface area contributed by atoms with E-state index in [1.165, 1.54) is 12.2 Å². The Labute approximate surface area is 113 Å². The summed E-state index contributed by atoms with van der Waals surface area (Å²) >= 11 is 0. The molecule has 19 heavy (non-hydrogen) atoms. The standard InChI is InChI=1S/C14H22O5/c1-4-9-14(10-7-8-11-15,12(16)18-5-2)13(17)19-6-3/h4,7-8,15H,1,5-6,9-11H2,2-3H3/b8-7-. The second-order valence-electron chi connectivity index (χ2n) is 3.87. The molecule has 0 aliphatic carbocycles. The number of carbonyl (C=O) groups excluding carboxylic acids is 2. The maximum Gasteiger partial charge on any atom is 0.324 e. The molecule has 0 aromatic carbocycles. The Bertz CT molecular complexity index is 315. The average molecular weight is 270 g/mol. The normalized spacial score (nSPS) is 11.3. The van der Waals surface area contributed by atoms with Gasteiger partial charge < -0.3 is 14.6 Å². The molecule has 0 aromatic rings. The number of carbonyl (C=O) groups is 2. The molecular formula is C14H22O5. The summed E-state index contributed by atoms with van der Waals surface area (Å²) in [5, 5.41) is 8.74. The van der Waals surface area contributed by atoms with Crippen LogP contribution in [0.5, 0.6) is 0 Å². The van der Waals surface area contributed by atoms with Crippen LogP contribution in [-0.4, -0.2) is 36.9 Å². The molecule has 0 saturated heterocycles. The predicted octanol–water partition coefficient (Wildman–Crippen LogP) is 1.61. The molecule has 0 atom stereocenters. The van der Waals surface area contributed by atoms with E-state index in [9.17, 15) is 9.59 Å². The summed E-state index contributed by atoms with van der Waals surface area (Å²) in [6.45, 7) is 7.12. The molecule has 0 radical (unpaired) electrons. The van der Waals surface area contributed by atoms with Crippen molar-refractivity contribution in [3.63, 3.8) is 0 Å². The molecule has 0 heterocycles. The molecule has 0 bridgehead atoms. The highest BCUT2D eigenvalue weighted by molar-refractivity contribution is 6.00. The lowest BCUT2D eigenvalue weighted by atomic mass is 9.81. The molecule has 0 aliphatic rings. The summed E-state index contributed by atoms with van der Waals surface area (Å²) in [4.78, 5) is 24.2. The zero-order chi connectivity index (χ0) is 14.7. The fourth-order valence-electron chi connectivity index (χ4n) is 1.64. The maximum absolute atomic E-state index is 12.1. The zero-order valence-corrected chi connectivity index (χ0v) is 11.6. The average Bonchev–Trinajstić information content (AvgIpc) is 2.38. The third-order valence-electron chi connectivity index (χ3n) is 2.56. The number of esters is 2. The van der Waals surface area contributed by atoms with E-state index in [4.69, 9.17) is 14.6 Å². The van der Waals surface area contributed by atoms with E-state index < -0.39 is 17.4 Å². The number of aliphatic hydroxyl groups is 1. The van der Waals surface area contributed by atoms with Crippen LogP contribution >= 0.6 is 0 Å². The van der Waals surface area contributed by atoms with E-state index in [1.807, 2.05) is 0 Å². The summed E-state index contributed by atoms with van der Waals surface area (Å²) in [7, 11) is 0. The second kappa shape index (κ2) is 9.33. The summed E-state index contributed by atoms with van der Waals surface area (Å²) in [6, 6.07) is 0. The van der Waals surface area contributed by atoms with E-state index in [0.717, 1.165) is 0 Å². The van der Waals surface area contributed by atoms with E-state index in [0.29, 0.717) is 0 Å². The van der Waals surface area contributed by atoms with Crippen LogP contribution in [0.3, 0.4) is 0 Å². The highest BCUT2D eigenvalue weighted by atomic mass is 16.6. The molecule has 5 nitrogen and oxygen atoms in total. The van der Waals surface area contributed by atoms with Crippen molar-refractivity contribution in [2.75, 3.05) is 19.8 Å². The van der Waals surface area contributed by atoms with Crippen LogP contribution in [0, 0.1) is 5.41 Å². The van der Waals surface area contributed by atoms with Gasteiger partial charge in [-0.05, 0) is 26.7 Å². The van der Waals surface area contributed by atoms with Gasteiger partial charge in [-0.15, -0.1) is 6.58 Å². The first-order valence-corrected chi connectivity index (χ1v) is 6.30. The molecule has 0 unspecified atom stereocenters. The van der Waals surface area contributed by atoms with Crippen molar-refractivity contribution in [2.45, 2.75) is 26.7 Å². The number of aliphatic hydroxyl groups excluding tert-OH is 1. The van der Waals surface area contributed by atoms with Crippen molar-refractivity contribution >= 4 is 11.9 Å². The molecular weight excluding hydrogens is 248 g/mol. The summed E-state index contributed by atoms with van der Waals surface area (Å²) < 4.78 is 9.95. The number of hydrogen-bond acceptors (Lipinski definition) is 5. The van der Waals surface area contributed by atoms with Crippen LogP contribution in [0.4, 0.5) is 0 Å². The molecule has 0 saturated carbocycles. The van der Waals surface area contributed by atoms with Gasteiger partial charge in [-0.3, -0.25) is 9.59 Å². The van der Waals surface area contributed by atoms with Crippen LogP contribution in [0.15, 0.2) is 24.8 Å². The summed E-state index contributed by atoms with van der Waals surface area (Å²) in [6.07, 6.45) is 4.76. The Kier molecular flexibility index (Phi) is 8.53. The first-order chi connectivity index (χ1) is 9.08. The largest absolute Gasteiger partial charge is 0.465 e. The number of ether oxygens (including phenoxy) is 2. The molecule has 1 N–H and O–H groups in total. The van der Waals surface area contributed by atoms with Crippen molar-refractivity contribution in [3.8, 4) is 0 Å². The second-order valence-corrected chi connectivity index (χ2v) is 3.87. The van der Waals surface area contributed by atoms with Gasteiger partial charge in [0.25, 0.3) is 0 Å². The van der Waals surface area contributed by atoms with Crippen LogP contribution in [0.25, 0.3) is 0 Å². The van der Waals surface area contributed by atoms with E-state index >= 15 is 0 Å². The highest BCUT2D eigenvalue weighted by Gasteiger charge is 2.46. The van der Waals surface area contributed by atoms with E-state index in [2.05, 4.69) is 6.58 Å². The van der Waals surface area contributed by atoms with Gasteiger partial charge in [0, 0.05) is 0 Å². The van der Waals surface area contributed by atoms with Gasteiger partial charge in [0.1, 0.15) is 0 Å². The molecule has 0 fully saturated rings. The molecule has 0 aromatic heterocycles. The lowest BCUT2D eigenvalue weighted by Gasteiger charge is -2.26. The van der Waals surface area contributed by atoms with Crippen molar-refractivity contribution < 1.29 is 24.2 Å². The zero-order valence-electron chi connectivity index (χ0n) is 11.6. The third-order valence-corrected chi connectivity index (χ3v) is 2.56. The summed E-state index contributed by atoms with van der Waals surface area (Å²) in [5.41, 5.74) is -1.42. The first-order valence-electron chi connectivity index (χ1n) is 6.30. The monoisotopic (exact) mass is 270 g/mol. The SMILES string of the molecule is C=CCC(C/C=C\CO)(C(=O)OCC)C(=O)OCC. The van der Waals surface area contributed by atoms with Gasteiger partial charge in [-0.25, -0.2) is 0 Å². The van der Waals surface area contributed by atoms with Gasteiger partial charge in [0.2, 0.25) is 0 Å². The van der Waals surface area contributed by atoms with Crippen LogP contribution in [0.2, 0.25) is 0 Å². The maximum atomic E-state index is 12.1. The fourth-order valence-corrected chi connectivity index (χ4v) is 1.64. The number of allylic oxidation sites excluding steroid dienone is 2. The molecule has 0 spiro atoms. The molecule has 0 amide bonds. The lowest BCUT2D eigenvalue weighted by Crippen LogP contribution is -2.41. The van der Waals surface area contributed by atoms with Crippen LogP contribution < -0.4 is 0 Å². The quantitative estimate of drug-likeness (QED) is 0.391. The van der Waals surface area contributed by atoms with Crippen molar-refractivity contribution in [3.05, 3.63) is 24.8 Å². The van der Waals surface area contributed by atoms with Crippen LogP contribution in [-0.2, 0) is 19.1 Å². The first kappa shape index (κ1) is 17.4. The lowest BCUT2D eigenvalue weighted by molar-refractivity contribution is -0.171. The Hall–Kier alpha value is -1.62. The van der Waals surface area contributed by atoms with Crippen molar-refractivity contribution in [1.82, 2.24) is 0 Å². The number of hydrogen-bond donors (Lipinski definition) is 1. The Balaban J connectivity index is 5.31. The Morgan fingerprint density at radius 2 is 1.63 bits per heavy atom. The van der Waals surface area contributed by atoms with Crippen molar-refractivity contribution in [2.24, 2.45) is 5.41 Å². The van der Waals surface area contributed by atoms with Crippen LogP contribution in [0.1, 0.15) is 26.7 Å². The highest BCUT2D eigenvalue weighted by Crippen LogP contribution is 2.31. The minimum Gasteiger partial charge on any atom is -0.465 e. The minimum atomic E-state index is -1.42. The Morgan fingerprint density at radius 3 is 2.00 bits per heavy atom. The Morgan fingerprint density at radius 1 is 1.11 bits per heavy atom. The van der Waals surface area contributed by atoms with E-state index in [-0.39, 0.29) is 32.7 Å². The van der Waals surface area contributed by atoms with E-state index in [1.54, 1.807) is 19.9 Å². The topological polar surface area (TPSA) is 72.8 Å². The molecule has 0 aliphatic heterocycles. The summed E-state index contributed by atoms with van der Waals surface area (Å²) in [5.74, 6) is -1.26. The molecule has 0 rings (SSSR count). The molecule has 5 heteroatoms. The third kappa shape index (κ3) is 4.87. The van der Waals surface area contributed by atoms with Gasteiger partial charge >= 0.3 is 11.9 Å².